The number of hydrogen-bond acceptors (Lipinski definition) is 1. The Morgan fingerprint density at radius 2 is 1.76 bits per heavy atom. The van der Waals surface area contributed by atoms with Crippen LogP contribution in [0.3, 0.4) is 0 Å². The molecule has 1 heterocycles. The minimum Gasteiger partial charge on any atom is -0.373 e. The zero-order chi connectivity index (χ0) is 20.8. The molecular formula is C25H31F3O. The molecule has 2 aromatic carbocycles. The Balaban J connectivity index is 1.66. The van der Waals surface area contributed by atoms with E-state index >= 15 is 0 Å². The molecule has 2 atom stereocenters. The molecule has 0 saturated carbocycles. The van der Waals surface area contributed by atoms with Crippen molar-refractivity contribution in [3.63, 3.8) is 0 Å². The number of unbranched alkanes of at least 4 members (excludes halogenated alkanes) is 3. The van der Waals surface area contributed by atoms with Gasteiger partial charge in [0.1, 0.15) is 5.82 Å². The lowest BCUT2D eigenvalue weighted by Crippen LogP contribution is -2.21. The van der Waals surface area contributed by atoms with E-state index in [1.807, 2.05) is 0 Å². The van der Waals surface area contributed by atoms with E-state index in [1.54, 1.807) is 25.1 Å². The van der Waals surface area contributed by atoms with Crippen LogP contribution in [0.4, 0.5) is 13.2 Å². The maximum atomic E-state index is 14.8. The molecule has 1 aliphatic rings. The van der Waals surface area contributed by atoms with Crippen molar-refractivity contribution in [2.24, 2.45) is 5.92 Å². The number of halogens is 3. The Labute approximate surface area is 172 Å². The van der Waals surface area contributed by atoms with Crippen molar-refractivity contribution in [2.45, 2.75) is 71.3 Å². The van der Waals surface area contributed by atoms with E-state index in [2.05, 4.69) is 6.92 Å². The molecule has 2 aromatic rings. The van der Waals surface area contributed by atoms with Crippen molar-refractivity contribution in [3.05, 3.63) is 58.9 Å². The Bertz CT molecular complexity index is 810. The lowest BCUT2D eigenvalue weighted by atomic mass is 9.90. The fourth-order valence-electron chi connectivity index (χ4n) is 4.18. The first kappa shape index (κ1) is 21.9. The van der Waals surface area contributed by atoms with Crippen molar-refractivity contribution in [3.8, 4) is 11.1 Å². The van der Waals surface area contributed by atoms with Gasteiger partial charge in [-0.05, 0) is 48.8 Å². The van der Waals surface area contributed by atoms with Crippen molar-refractivity contribution in [2.75, 3.05) is 6.61 Å². The van der Waals surface area contributed by atoms with Crippen LogP contribution in [0.1, 0.15) is 76.0 Å². The van der Waals surface area contributed by atoms with E-state index in [0.29, 0.717) is 35.6 Å². The third kappa shape index (κ3) is 5.22. The molecule has 3 rings (SSSR count). The molecule has 0 spiro atoms. The Kier molecular flexibility index (Phi) is 7.77. The van der Waals surface area contributed by atoms with Gasteiger partial charge >= 0.3 is 0 Å². The quantitative estimate of drug-likeness (QED) is 0.408. The molecule has 4 heteroatoms. The van der Waals surface area contributed by atoms with Gasteiger partial charge in [0.05, 0.1) is 12.7 Å². The summed E-state index contributed by atoms with van der Waals surface area (Å²) in [6.45, 7) is 4.64. The molecule has 1 nitrogen and oxygen atoms in total. The lowest BCUT2D eigenvalue weighted by Gasteiger charge is -2.29. The van der Waals surface area contributed by atoms with Gasteiger partial charge in [-0.25, -0.2) is 13.2 Å². The highest BCUT2D eigenvalue weighted by atomic mass is 19.2. The molecule has 0 N–H and O–H groups in total. The van der Waals surface area contributed by atoms with Crippen LogP contribution in [-0.2, 0) is 11.2 Å². The summed E-state index contributed by atoms with van der Waals surface area (Å²) < 4.78 is 49.2. The van der Waals surface area contributed by atoms with Crippen LogP contribution in [0.25, 0.3) is 11.1 Å². The number of rotatable bonds is 8. The van der Waals surface area contributed by atoms with Crippen LogP contribution < -0.4 is 0 Å². The minimum absolute atomic E-state index is 0.0851. The van der Waals surface area contributed by atoms with Crippen LogP contribution in [0.2, 0.25) is 0 Å². The summed E-state index contributed by atoms with van der Waals surface area (Å²) in [5.41, 5.74) is 1.25. The van der Waals surface area contributed by atoms with Crippen LogP contribution in [0, 0.1) is 23.4 Å². The summed E-state index contributed by atoms with van der Waals surface area (Å²) >= 11 is 0. The number of ether oxygens (including phenoxy) is 1. The standard InChI is InChI=1S/C25H31F3O/c1-3-5-6-7-8-17-9-14-23(29-16-17)21-13-11-19(15-22(21)26)20-12-10-18(4-2)24(27)25(20)28/h10-13,15,17,23H,3-9,14,16H2,1-2H3. The van der Waals surface area contributed by atoms with Crippen LogP contribution in [-0.4, -0.2) is 6.61 Å². The topological polar surface area (TPSA) is 9.23 Å². The van der Waals surface area contributed by atoms with Crippen molar-refractivity contribution in [1.82, 2.24) is 0 Å². The molecule has 0 aromatic heterocycles. The summed E-state index contributed by atoms with van der Waals surface area (Å²) in [7, 11) is 0. The fourth-order valence-corrected chi connectivity index (χ4v) is 4.18. The molecule has 1 saturated heterocycles. The molecule has 158 valence electrons. The number of hydrogen-bond donors (Lipinski definition) is 0. The van der Waals surface area contributed by atoms with Crippen molar-refractivity contribution in [1.29, 1.82) is 0 Å². The SMILES string of the molecule is CCCCCCC1CCC(c2ccc(-c3ccc(CC)c(F)c3F)cc2F)OC1. The van der Waals surface area contributed by atoms with Gasteiger partial charge in [0.15, 0.2) is 11.6 Å². The van der Waals surface area contributed by atoms with Crippen LogP contribution >= 0.6 is 0 Å². The van der Waals surface area contributed by atoms with Gasteiger partial charge < -0.3 is 4.74 Å². The van der Waals surface area contributed by atoms with E-state index < -0.39 is 17.5 Å². The smallest absolute Gasteiger partial charge is 0.166 e. The van der Waals surface area contributed by atoms with E-state index in [4.69, 9.17) is 4.74 Å². The lowest BCUT2D eigenvalue weighted by molar-refractivity contribution is -0.0215. The molecule has 0 radical (unpaired) electrons. The van der Waals surface area contributed by atoms with E-state index in [-0.39, 0.29) is 11.7 Å². The van der Waals surface area contributed by atoms with Crippen molar-refractivity contribution < 1.29 is 17.9 Å². The van der Waals surface area contributed by atoms with Gasteiger partial charge in [0.25, 0.3) is 0 Å². The number of aryl methyl sites for hydroxylation is 1. The van der Waals surface area contributed by atoms with Crippen LogP contribution in [0.15, 0.2) is 30.3 Å². The summed E-state index contributed by atoms with van der Waals surface area (Å²) in [5, 5.41) is 0. The third-order valence-electron chi connectivity index (χ3n) is 6.04. The first-order valence-corrected chi connectivity index (χ1v) is 10.9. The molecule has 2 unspecified atom stereocenters. The zero-order valence-electron chi connectivity index (χ0n) is 17.4. The number of benzene rings is 2. The predicted molar refractivity (Wildman–Crippen MR) is 111 cm³/mol. The summed E-state index contributed by atoms with van der Waals surface area (Å²) in [6.07, 6.45) is 8.16. The third-order valence-corrected chi connectivity index (χ3v) is 6.04. The molecule has 29 heavy (non-hydrogen) atoms. The average molecular weight is 405 g/mol. The first-order chi connectivity index (χ1) is 14.0. The minimum atomic E-state index is -0.920. The largest absolute Gasteiger partial charge is 0.373 e. The highest BCUT2D eigenvalue weighted by Crippen LogP contribution is 2.36. The molecule has 1 fully saturated rings. The molecule has 0 bridgehead atoms. The second kappa shape index (κ2) is 10.3. The van der Waals surface area contributed by atoms with Gasteiger partial charge in [-0.15, -0.1) is 0 Å². The van der Waals surface area contributed by atoms with Gasteiger partial charge in [-0.2, -0.15) is 0 Å². The van der Waals surface area contributed by atoms with E-state index in [1.165, 1.54) is 44.2 Å². The first-order valence-electron chi connectivity index (χ1n) is 10.9. The van der Waals surface area contributed by atoms with Gasteiger partial charge in [0.2, 0.25) is 0 Å². The zero-order valence-corrected chi connectivity index (χ0v) is 17.4. The highest BCUT2D eigenvalue weighted by Gasteiger charge is 2.25. The maximum absolute atomic E-state index is 14.8. The second-order valence-corrected chi connectivity index (χ2v) is 8.10. The molecule has 0 aliphatic carbocycles. The second-order valence-electron chi connectivity index (χ2n) is 8.10. The van der Waals surface area contributed by atoms with Crippen LogP contribution in [0.5, 0.6) is 0 Å². The van der Waals surface area contributed by atoms with E-state index in [9.17, 15) is 13.2 Å². The molecule has 0 amide bonds. The average Bonchev–Trinajstić information content (AvgIpc) is 2.74. The van der Waals surface area contributed by atoms with Crippen molar-refractivity contribution >= 4 is 0 Å². The molecular weight excluding hydrogens is 373 g/mol. The monoisotopic (exact) mass is 404 g/mol. The normalized spacial score (nSPS) is 19.5. The Morgan fingerprint density at radius 3 is 2.41 bits per heavy atom. The maximum Gasteiger partial charge on any atom is 0.166 e. The molecule has 1 aliphatic heterocycles. The van der Waals surface area contributed by atoms with Gasteiger partial charge in [-0.1, -0.05) is 63.8 Å². The van der Waals surface area contributed by atoms with Gasteiger partial charge in [0, 0.05) is 11.1 Å². The Hall–Kier alpha value is -1.81. The van der Waals surface area contributed by atoms with Gasteiger partial charge in [-0.3, -0.25) is 0 Å². The summed E-state index contributed by atoms with van der Waals surface area (Å²) in [6, 6.07) is 7.68. The Morgan fingerprint density at radius 1 is 0.931 bits per heavy atom. The predicted octanol–water partition coefficient (Wildman–Crippen LogP) is 7.77. The summed E-state index contributed by atoms with van der Waals surface area (Å²) in [4.78, 5) is 0. The highest BCUT2D eigenvalue weighted by molar-refractivity contribution is 5.65. The van der Waals surface area contributed by atoms with E-state index in [0.717, 1.165) is 12.8 Å². The summed E-state index contributed by atoms with van der Waals surface area (Å²) in [5.74, 6) is -1.64. The fraction of sp³-hybridized carbons (Fsp3) is 0.520.